The predicted molar refractivity (Wildman–Crippen MR) is 85.4 cm³/mol. The van der Waals surface area contributed by atoms with Gasteiger partial charge in [-0.2, -0.15) is 0 Å². The van der Waals surface area contributed by atoms with Crippen LogP contribution in [0.25, 0.3) is 5.65 Å². The minimum Gasteiger partial charge on any atom is -0.355 e. The lowest BCUT2D eigenvalue weighted by atomic mass is 9.77. The fraction of sp³-hybridized carbons (Fsp3) is 0.588. The molecule has 21 heavy (non-hydrogen) atoms. The van der Waals surface area contributed by atoms with Gasteiger partial charge in [0.2, 0.25) is 0 Å². The van der Waals surface area contributed by atoms with Crippen molar-refractivity contribution in [2.75, 3.05) is 18.0 Å². The maximum atomic E-state index is 6.00. The summed E-state index contributed by atoms with van der Waals surface area (Å²) >= 11 is 0. The largest absolute Gasteiger partial charge is 0.355 e. The molecule has 4 nitrogen and oxygen atoms in total. The van der Waals surface area contributed by atoms with Crippen LogP contribution in [0.3, 0.4) is 0 Å². The van der Waals surface area contributed by atoms with E-state index in [9.17, 15) is 0 Å². The molecule has 2 N–H and O–H groups in total. The molecule has 2 aromatic rings. The standard InChI is InChI=1S/C17H24N4/c18-13-14-16(19-15-5-1-4-10-21(14)15)20-11-8-17(9-12-20)6-2-3-7-17/h1,4-5,10H,2-3,6-9,11-13,18H2. The Kier molecular flexibility index (Phi) is 3.14. The molecule has 2 fully saturated rings. The van der Waals surface area contributed by atoms with Gasteiger partial charge in [-0.1, -0.05) is 18.9 Å². The van der Waals surface area contributed by atoms with Crippen molar-refractivity contribution in [1.82, 2.24) is 9.38 Å². The first kappa shape index (κ1) is 13.1. The van der Waals surface area contributed by atoms with Gasteiger partial charge >= 0.3 is 0 Å². The summed E-state index contributed by atoms with van der Waals surface area (Å²) in [5.74, 6) is 1.11. The Morgan fingerprint density at radius 1 is 1.10 bits per heavy atom. The molecule has 0 unspecified atom stereocenters. The van der Waals surface area contributed by atoms with Gasteiger partial charge in [-0.05, 0) is 43.2 Å². The molecule has 0 radical (unpaired) electrons. The summed E-state index contributed by atoms with van der Waals surface area (Å²) in [4.78, 5) is 7.29. The van der Waals surface area contributed by atoms with E-state index in [0.29, 0.717) is 12.0 Å². The number of rotatable bonds is 2. The van der Waals surface area contributed by atoms with Gasteiger partial charge in [-0.3, -0.25) is 0 Å². The lowest BCUT2D eigenvalue weighted by Gasteiger charge is -2.39. The van der Waals surface area contributed by atoms with Gasteiger partial charge in [0, 0.05) is 25.8 Å². The van der Waals surface area contributed by atoms with E-state index in [1.807, 2.05) is 12.1 Å². The molecule has 0 amide bonds. The summed E-state index contributed by atoms with van der Waals surface area (Å²) in [5.41, 5.74) is 8.80. The second kappa shape index (κ2) is 5.02. The maximum Gasteiger partial charge on any atom is 0.152 e. The molecule has 1 saturated heterocycles. The Labute approximate surface area is 126 Å². The van der Waals surface area contributed by atoms with E-state index in [2.05, 4.69) is 21.6 Å². The van der Waals surface area contributed by atoms with E-state index in [0.717, 1.165) is 30.2 Å². The molecule has 112 valence electrons. The van der Waals surface area contributed by atoms with Crippen LogP contribution in [0.1, 0.15) is 44.2 Å². The van der Waals surface area contributed by atoms with Crippen molar-refractivity contribution in [2.45, 2.75) is 45.1 Å². The molecule has 1 saturated carbocycles. The number of hydrogen-bond acceptors (Lipinski definition) is 3. The second-order valence-electron chi connectivity index (χ2n) is 6.71. The highest BCUT2D eigenvalue weighted by atomic mass is 15.2. The van der Waals surface area contributed by atoms with Crippen molar-refractivity contribution in [1.29, 1.82) is 0 Å². The zero-order valence-electron chi connectivity index (χ0n) is 12.6. The van der Waals surface area contributed by atoms with Gasteiger partial charge in [-0.25, -0.2) is 4.98 Å². The van der Waals surface area contributed by atoms with Gasteiger partial charge < -0.3 is 15.0 Å². The molecule has 3 heterocycles. The molecule has 4 rings (SSSR count). The summed E-state index contributed by atoms with van der Waals surface area (Å²) in [6.07, 6.45) is 10.5. The van der Waals surface area contributed by atoms with E-state index < -0.39 is 0 Å². The molecular formula is C17H24N4. The van der Waals surface area contributed by atoms with Crippen LogP contribution in [0.2, 0.25) is 0 Å². The third kappa shape index (κ3) is 2.13. The summed E-state index contributed by atoms with van der Waals surface area (Å²) in [6.45, 7) is 2.82. The van der Waals surface area contributed by atoms with Crippen molar-refractivity contribution in [3.05, 3.63) is 30.1 Å². The maximum absolute atomic E-state index is 6.00. The van der Waals surface area contributed by atoms with E-state index in [4.69, 9.17) is 10.7 Å². The fourth-order valence-electron chi connectivity index (χ4n) is 4.29. The van der Waals surface area contributed by atoms with Gasteiger partial charge in [0.05, 0.1) is 5.69 Å². The Morgan fingerprint density at radius 2 is 1.86 bits per heavy atom. The average Bonchev–Trinajstić information content (AvgIpc) is 3.12. The number of nitrogens with two attached hydrogens (primary N) is 1. The Hall–Kier alpha value is -1.55. The summed E-state index contributed by atoms with van der Waals surface area (Å²) in [7, 11) is 0. The Bertz CT molecular complexity index is 629. The lowest BCUT2D eigenvalue weighted by Crippen LogP contribution is -2.39. The molecule has 1 aliphatic heterocycles. The lowest BCUT2D eigenvalue weighted by molar-refractivity contribution is 0.226. The van der Waals surface area contributed by atoms with Gasteiger partial charge in [0.1, 0.15) is 5.65 Å². The van der Waals surface area contributed by atoms with Gasteiger partial charge in [0.15, 0.2) is 5.82 Å². The van der Waals surface area contributed by atoms with Crippen molar-refractivity contribution < 1.29 is 0 Å². The van der Waals surface area contributed by atoms with E-state index in [-0.39, 0.29) is 0 Å². The minimum absolute atomic E-state index is 0.544. The molecule has 1 aliphatic carbocycles. The zero-order valence-corrected chi connectivity index (χ0v) is 12.6. The average molecular weight is 284 g/mol. The van der Waals surface area contributed by atoms with Crippen molar-refractivity contribution in [2.24, 2.45) is 11.1 Å². The molecule has 0 bridgehead atoms. The number of hydrogen-bond donors (Lipinski definition) is 1. The van der Waals surface area contributed by atoms with Crippen LogP contribution in [0.5, 0.6) is 0 Å². The van der Waals surface area contributed by atoms with Crippen LogP contribution in [0, 0.1) is 5.41 Å². The minimum atomic E-state index is 0.544. The molecule has 2 aliphatic rings. The first-order valence-electron chi connectivity index (χ1n) is 8.22. The number of pyridine rings is 1. The highest BCUT2D eigenvalue weighted by Crippen LogP contribution is 2.46. The molecule has 0 atom stereocenters. The van der Waals surface area contributed by atoms with Crippen LogP contribution < -0.4 is 10.6 Å². The van der Waals surface area contributed by atoms with Crippen molar-refractivity contribution in [3.8, 4) is 0 Å². The summed E-state index contributed by atoms with van der Waals surface area (Å²) in [5, 5.41) is 0. The quantitative estimate of drug-likeness (QED) is 0.922. The number of anilines is 1. The van der Waals surface area contributed by atoms with Crippen LogP contribution in [-0.2, 0) is 6.54 Å². The van der Waals surface area contributed by atoms with E-state index >= 15 is 0 Å². The third-order valence-corrected chi connectivity index (χ3v) is 5.59. The second-order valence-corrected chi connectivity index (χ2v) is 6.71. The predicted octanol–water partition coefficient (Wildman–Crippen LogP) is 2.95. The Balaban J connectivity index is 1.62. The van der Waals surface area contributed by atoms with E-state index in [1.165, 1.54) is 38.5 Å². The first-order valence-corrected chi connectivity index (χ1v) is 8.22. The fourth-order valence-corrected chi connectivity index (χ4v) is 4.29. The monoisotopic (exact) mass is 284 g/mol. The first-order chi connectivity index (χ1) is 10.3. The van der Waals surface area contributed by atoms with E-state index in [1.54, 1.807) is 0 Å². The SMILES string of the molecule is NCc1c(N2CCC3(CCCC3)CC2)nc2ccccn12. The number of aromatic nitrogens is 2. The van der Waals surface area contributed by atoms with Crippen LogP contribution in [0.15, 0.2) is 24.4 Å². The number of imidazole rings is 1. The molecular weight excluding hydrogens is 260 g/mol. The highest BCUT2D eigenvalue weighted by molar-refractivity contribution is 5.56. The zero-order chi connectivity index (χ0) is 14.3. The molecule has 1 spiro atoms. The summed E-state index contributed by atoms with van der Waals surface area (Å²) < 4.78 is 2.13. The number of nitrogens with zero attached hydrogens (tertiary/aromatic N) is 3. The van der Waals surface area contributed by atoms with Crippen molar-refractivity contribution in [3.63, 3.8) is 0 Å². The van der Waals surface area contributed by atoms with Gasteiger partial charge in [0.25, 0.3) is 0 Å². The molecule has 0 aromatic carbocycles. The smallest absolute Gasteiger partial charge is 0.152 e. The number of piperidine rings is 1. The number of fused-ring (bicyclic) bond motifs is 1. The van der Waals surface area contributed by atoms with Gasteiger partial charge in [-0.15, -0.1) is 0 Å². The summed E-state index contributed by atoms with van der Waals surface area (Å²) in [6, 6.07) is 6.14. The molecule has 4 heteroatoms. The highest BCUT2D eigenvalue weighted by Gasteiger charge is 2.37. The van der Waals surface area contributed by atoms with Crippen LogP contribution >= 0.6 is 0 Å². The Morgan fingerprint density at radius 3 is 2.57 bits per heavy atom. The molecule has 2 aromatic heterocycles. The third-order valence-electron chi connectivity index (χ3n) is 5.59. The van der Waals surface area contributed by atoms with Crippen LogP contribution in [0.4, 0.5) is 5.82 Å². The topological polar surface area (TPSA) is 46.6 Å². The normalized spacial score (nSPS) is 21.5. The van der Waals surface area contributed by atoms with Crippen LogP contribution in [-0.4, -0.2) is 22.5 Å². The van der Waals surface area contributed by atoms with Crippen molar-refractivity contribution >= 4 is 11.5 Å².